The lowest BCUT2D eigenvalue weighted by Crippen LogP contribution is -2.37. The van der Waals surface area contributed by atoms with Crippen LogP contribution in [0.15, 0.2) is 18.2 Å². The first kappa shape index (κ1) is 14.6. The zero-order chi connectivity index (χ0) is 13.7. The summed E-state index contributed by atoms with van der Waals surface area (Å²) in [4.78, 5) is 12.2. The molecule has 5 heteroatoms. The third-order valence-corrected chi connectivity index (χ3v) is 2.81. The van der Waals surface area contributed by atoms with E-state index in [-0.39, 0.29) is 11.6 Å². The van der Waals surface area contributed by atoms with Gasteiger partial charge in [0.05, 0.1) is 10.6 Å². The topological polar surface area (TPSA) is 55.1 Å². The summed E-state index contributed by atoms with van der Waals surface area (Å²) in [6.45, 7) is 3.68. The molecular weight excluding hydrogens is 251 g/mol. The van der Waals surface area contributed by atoms with Gasteiger partial charge in [0.1, 0.15) is 5.82 Å². The molecule has 1 unspecified atom stereocenters. The lowest BCUT2D eigenvalue weighted by atomic mass is 10.1. The Kier molecular flexibility index (Phi) is 5.22. The van der Waals surface area contributed by atoms with Crippen LogP contribution in [0.1, 0.15) is 35.7 Å². The number of nitrogens with one attached hydrogen (secondary N) is 1. The SMILES string of the molecule is CCC(CC(N)=S)NC(=O)c1ccc(C)cc1F. The van der Waals surface area contributed by atoms with Gasteiger partial charge in [-0.15, -0.1) is 0 Å². The Hall–Kier alpha value is -1.49. The fourth-order valence-electron chi connectivity index (χ4n) is 1.61. The standard InChI is InChI=1S/C13H17FN2OS/c1-3-9(7-12(15)18)16-13(17)10-5-4-8(2)6-11(10)14/h4-6,9H,3,7H2,1-2H3,(H2,15,18)(H,16,17). The van der Waals surface area contributed by atoms with Gasteiger partial charge in [-0.1, -0.05) is 25.2 Å². The highest BCUT2D eigenvalue weighted by molar-refractivity contribution is 7.80. The molecule has 0 fully saturated rings. The molecule has 0 heterocycles. The maximum absolute atomic E-state index is 13.6. The predicted octanol–water partition coefficient (Wildman–Crippen LogP) is 2.32. The highest BCUT2D eigenvalue weighted by Gasteiger charge is 2.16. The highest BCUT2D eigenvalue weighted by atomic mass is 32.1. The van der Waals surface area contributed by atoms with E-state index < -0.39 is 11.7 Å². The Bertz CT molecular complexity index is 462. The van der Waals surface area contributed by atoms with Gasteiger partial charge in [-0.2, -0.15) is 0 Å². The van der Waals surface area contributed by atoms with Crippen LogP contribution in [0.25, 0.3) is 0 Å². The summed E-state index contributed by atoms with van der Waals surface area (Å²) in [6, 6.07) is 4.36. The normalized spacial score (nSPS) is 11.9. The number of amides is 1. The number of nitrogens with two attached hydrogens (primary N) is 1. The van der Waals surface area contributed by atoms with Crippen LogP contribution >= 0.6 is 12.2 Å². The monoisotopic (exact) mass is 268 g/mol. The first-order valence-electron chi connectivity index (χ1n) is 5.79. The number of thiocarbonyl (C=S) groups is 1. The van der Waals surface area contributed by atoms with E-state index in [2.05, 4.69) is 5.32 Å². The van der Waals surface area contributed by atoms with Crippen molar-refractivity contribution in [2.45, 2.75) is 32.7 Å². The molecule has 3 N–H and O–H groups in total. The number of rotatable bonds is 5. The third-order valence-electron chi connectivity index (χ3n) is 2.64. The molecule has 1 atom stereocenters. The number of hydrogen-bond acceptors (Lipinski definition) is 2. The van der Waals surface area contributed by atoms with Crippen molar-refractivity contribution < 1.29 is 9.18 Å². The molecule has 0 saturated carbocycles. The number of halogens is 1. The minimum atomic E-state index is -0.516. The zero-order valence-corrected chi connectivity index (χ0v) is 11.3. The molecule has 0 radical (unpaired) electrons. The second-order valence-corrected chi connectivity index (χ2v) is 4.76. The molecule has 0 aromatic heterocycles. The van der Waals surface area contributed by atoms with Crippen molar-refractivity contribution >= 4 is 23.1 Å². The van der Waals surface area contributed by atoms with Gasteiger partial charge in [0.25, 0.3) is 5.91 Å². The van der Waals surface area contributed by atoms with Crippen molar-refractivity contribution in [3.63, 3.8) is 0 Å². The number of carbonyl (C=O) groups excluding carboxylic acids is 1. The Labute approximate surface area is 112 Å². The molecule has 0 saturated heterocycles. The zero-order valence-electron chi connectivity index (χ0n) is 10.5. The molecule has 1 aromatic carbocycles. The van der Waals surface area contributed by atoms with Crippen LogP contribution in [0.4, 0.5) is 4.39 Å². The van der Waals surface area contributed by atoms with Crippen LogP contribution in [0.2, 0.25) is 0 Å². The second-order valence-electron chi connectivity index (χ2n) is 4.23. The summed E-state index contributed by atoms with van der Waals surface area (Å²) in [5.74, 6) is -0.951. The fraction of sp³-hybridized carbons (Fsp3) is 0.385. The Balaban J connectivity index is 2.77. The Morgan fingerprint density at radius 3 is 2.72 bits per heavy atom. The predicted molar refractivity (Wildman–Crippen MR) is 74.1 cm³/mol. The van der Waals surface area contributed by atoms with Gasteiger partial charge in [-0.25, -0.2) is 4.39 Å². The average Bonchev–Trinajstić information content (AvgIpc) is 2.27. The van der Waals surface area contributed by atoms with Gasteiger partial charge in [0.2, 0.25) is 0 Å². The second kappa shape index (κ2) is 6.44. The van der Waals surface area contributed by atoms with Crippen molar-refractivity contribution in [3.8, 4) is 0 Å². The van der Waals surface area contributed by atoms with E-state index in [1.54, 1.807) is 13.0 Å². The van der Waals surface area contributed by atoms with Gasteiger partial charge in [-0.3, -0.25) is 4.79 Å². The molecule has 3 nitrogen and oxygen atoms in total. The lowest BCUT2D eigenvalue weighted by molar-refractivity contribution is 0.0933. The van der Waals surface area contributed by atoms with Crippen LogP contribution in [0.5, 0.6) is 0 Å². The molecule has 98 valence electrons. The van der Waals surface area contributed by atoms with Gasteiger partial charge < -0.3 is 11.1 Å². The summed E-state index contributed by atoms with van der Waals surface area (Å²) < 4.78 is 13.6. The summed E-state index contributed by atoms with van der Waals surface area (Å²) in [5.41, 5.74) is 6.26. The summed E-state index contributed by atoms with van der Waals surface area (Å²) in [7, 11) is 0. The molecule has 0 bridgehead atoms. The van der Waals surface area contributed by atoms with E-state index in [1.165, 1.54) is 12.1 Å². The van der Waals surface area contributed by atoms with E-state index in [4.69, 9.17) is 18.0 Å². The summed E-state index contributed by atoms with van der Waals surface area (Å²) in [6.07, 6.45) is 1.11. The van der Waals surface area contributed by atoms with Gasteiger partial charge in [0.15, 0.2) is 0 Å². The molecule has 18 heavy (non-hydrogen) atoms. The molecule has 1 rings (SSSR count). The third kappa shape index (κ3) is 4.07. The van der Waals surface area contributed by atoms with Gasteiger partial charge in [0, 0.05) is 12.5 Å². The van der Waals surface area contributed by atoms with E-state index in [9.17, 15) is 9.18 Å². The van der Waals surface area contributed by atoms with Crippen molar-refractivity contribution in [1.82, 2.24) is 5.32 Å². The van der Waals surface area contributed by atoms with Crippen LogP contribution in [0, 0.1) is 12.7 Å². The van der Waals surface area contributed by atoms with Crippen molar-refractivity contribution in [1.29, 1.82) is 0 Å². The minimum Gasteiger partial charge on any atom is -0.393 e. The summed E-state index contributed by atoms with van der Waals surface area (Å²) in [5, 5.41) is 2.73. The van der Waals surface area contributed by atoms with Crippen LogP contribution in [-0.4, -0.2) is 16.9 Å². The first-order chi connectivity index (χ1) is 8.43. The molecule has 1 amide bonds. The van der Waals surface area contributed by atoms with Crippen LogP contribution in [-0.2, 0) is 0 Å². The van der Waals surface area contributed by atoms with Crippen LogP contribution in [0.3, 0.4) is 0 Å². The van der Waals surface area contributed by atoms with Gasteiger partial charge >= 0.3 is 0 Å². The number of aryl methyl sites for hydroxylation is 1. The quantitative estimate of drug-likeness (QED) is 0.806. The molecule has 0 spiro atoms. The van der Waals surface area contributed by atoms with E-state index in [1.807, 2.05) is 6.92 Å². The molecule has 0 aliphatic heterocycles. The van der Waals surface area contributed by atoms with Crippen molar-refractivity contribution in [2.75, 3.05) is 0 Å². The first-order valence-corrected chi connectivity index (χ1v) is 6.20. The van der Waals surface area contributed by atoms with E-state index in [0.717, 1.165) is 5.56 Å². The van der Waals surface area contributed by atoms with E-state index in [0.29, 0.717) is 17.8 Å². The van der Waals surface area contributed by atoms with Crippen LogP contribution < -0.4 is 11.1 Å². The molecule has 0 aliphatic carbocycles. The fourth-order valence-corrected chi connectivity index (χ4v) is 1.81. The smallest absolute Gasteiger partial charge is 0.254 e. The van der Waals surface area contributed by atoms with Crippen molar-refractivity contribution in [2.24, 2.45) is 5.73 Å². The Morgan fingerprint density at radius 1 is 1.56 bits per heavy atom. The largest absolute Gasteiger partial charge is 0.393 e. The highest BCUT2D eigenvalue weighted by Crippen LogP contribution is 2.10. The van der Waals surface area contributed by atoms with Gasteiger partial charge in [-0.05, 0) is 31.0 Å². The molecule has 0 aliphatic rings. The number of benzene rings is 1. The number of carbonyl (C=O) groups is 1. The maximum Gasteiger partial charge on any atom is 0.254 e. The molecular formula is C13H17FN2OS. The maximum atomic E-state index is 13.6. The van der Waals surface area contributed by atoms with E-state index >= 15 is 0 Å². The summed E-state index contributed by atoms with van der Waals surface area (Å²) >= 11 is 4.80. The Morgan fingerprint density at radius 2 is 2.22 bits per heavy atom. The molecule has 1 aromatic rings. The lowest BCUT2D eigenvalue weighted by Gasteiger charge is -2.16. The number of hydrogen-bond donors (Lipinski definition) is 2. The minimum absolute atomic E-state index is 0.0435. The average molecular weight is 268 g/mol. The van der Waals surface area contributed by atoms with Crippen molar-refractivity contribution in [3.05, 3.63) is 35.1 Å².